The predicted molar refractivity (Wildman–Crippen MR) is 65.5 cm³/mol. The van der Waals surface area contributed by atoms with Crippen LogP contribution in [0.5, 0.6) is 0 Å². The van der Waals surface area contributed by atoms with Gasteiger partial charge in [0.1, 0.15) is 0 Å². The molecule has 2 N–H and O–H groups in total. The molecule has 1 aromatic heterocycles. The molecule has 2 aromatic rings. The van der Waals surface area contributed by atoms with E-state index in [1.807, 2.05) is 0 Å². The number of hydrogen-bond donors (Lipinski definition) is 2. The maximum Gasteiger partial charge on any atom is 0.303 e. The number of halogens is 1. The molecule has 0 atom stereocenters. The lowest BCUT2D eigenvalue weighted by Crippen LogP contribution is -2.13. The van der Waals surface area contributed by atoms with Crippen molar-refractivity contribution in [2.24, 2.45) is 0 Å². The molecule has 0 fully saturated rings. The highest BCUT2D eigenvalue weighted by Gasteiger charge is 2.05. The Morgan fingerprint density at radius 2 is 2.12 bits per heavy atom. The number of hydrogen-bond acceptors (Lipinski definition) is 2. The molecule has 1 heterocycles. The van der Waals surface area contributed by atoms with Gasteiger partial charge in [-0.15, -0.1) is 0 Å². The normalized spacial score (nSPS) is 10.6. The van der Waals surface area contributed by atoms with Crippen LogP contribution < -0.4 is 5.56 Å². The molecule has 0 aliphatic carbocycles. The van der Waals surface area contributed by atoms with Crippen molar-refractivity contribution in [3.05, 3.63) is 45.2 Å². The van der Waals surface area contributed by atoms with Gasteiger partial charge in [0, 0.05) is 22.5 Å². The Morgan fingerprint density at radius 1 is 1.35 bits per heavy atom. The molecule has 0 unspecified atom stereocenters. The average Bonchev–Trinajstić information content (AvgIpc) is 2.26. The van der Waals surface area contributed by atoms with Gasteiger partial charge in [-0.25, -0.2) is 0 Å². The van der Waals surface area contributed by atoms with E-state index in [0.717, 1.165) is 5.39 Å². The third-order valence-corrected chi connectivity index (χ3v) is 2.73. The molecule has 0 radical (unpaired) electrons. The number of aromatic nitrogens is 1. The van der Waals surface area contributed by atoms with Crippen LogP contribution in [0, 0.1) is 0 Å². The Morgan fingerprint density at radius 3 is 2.82 bits per heavy atom. The van der Waals surface area contributed by atoms with Crippen LogP contribution in [0.1, 0.15) is 12.0 Å². The Balaban J connectivity index is 2.46. The van der Waals surface area contributed by atoms with E-state index in [-0.39, 0.29) is 18.4 Å². The summed E-state index contributed by atoms with van der Waals surface area (Å²) in [4.78, 5) is 24.8. The number of aromatic amines is 1. The molecule has 0 spiro atoms. The highest BCUT2D eigenvalue weighted by atomic mass is 35.5. The second-order valence-corrected chi connectivity index (χ2v) is 4.19. The summed E-state index contributed by atoms with van der Waals surface area (Å²) in [7, 11) is 0. The Kier molecular flexibility index (Phi) is 3.15. The van der Waals surface area contributed by atoms with Crippen molar-refractivity contribution in [1.29, 1.82) is 0 Å². The standard InChI is InChI=1S/C12H10ClNO3/c13-9-2-3-10-8(6-9)5-7(12(17)14-10)1-4-11(15)16/h2-3,5-6H,1,4H2,(H,14,17)(H,15,16). The fourth-order valence-corrected chi connectivity index (χ4v) is 1.83. The van der Waals surface area contributed by atoms with E-state index < -0.39 is 5.97 Å². The lowest BCUT2D eigenvalue weighted by Gasteiger charge is -2.02. The molecule has 1 aromatic carbocycles. The Labute approximate surface area is 102 Å². The first-order chi connectivity index (χ1) is 8.06. The number of fused-ring (bicyclic) bond motifs is 1. The summed E-state index contributed by atoms with van der Waals surface area (Å²) in [6, 6.07) is 6.83. The number of benzene rings is 1. The summed E-state index contributed by atoms with van der Waals surface area (Å²) >= 11 is 5.85. The maximum absolute atomic E-state index is 11.6. The monoisotopic (exact) mass is 251 g/mol. The van der Waals surface area contributed by atoms with Crippen LogP contribution in [0.15, 0.2) is 29.1 Å². The van der Waals surface area contributed by atoms with Crippen LogP contribution in [0.2, 0.25) is 5.02 Å². The fourth-order valence-electron chi connectivity index (χ4n) is 1.65. The van der Waals surface area contributed by atoms with Gasteiger partial charge in [0.2, 0.25) is 0 Å². The van der Waals surface area contributed by atoms with Gasteiger partial charge < -0.3 is 10.1 Å². The quantitative estimate of drug-likeness (QED) is 0.879. The molecule has 0 aliphatic rings. The van der Waals surface area contributed by atoms with Crippen LogP contribution in [-0.2, 0) is 11.2 Å². The first-order valence-corrected chi connectivity index (χ1v) is 5.47. The largest absolute Gasteiger partial charge is 0.481 e. The molecule has 0 aliphatic heterocycles. The minimum atomic E-state index is -0.921. The first kappa shape index (κ1) is 11.7. The van der Waals surface area contributed by atoms with Gasteiger partial charge >= 0.3 is 5.97 Å². The molecule has 17 heavy (non-hydrogen) atoms. The zero-order valence-corrected chi connectivity index (χ0v) is 9.62. The van der Waals surface area contributed by atoms with E-state index in [4.69, 9.17) is 16.7 Å². The molecular weight excluding hydrogens is 242 g/mol. The van der Waals surface area contributed by atoms with Crippen LogP contribution in [0.4, 0.5) is 0 Å². The number of carboxylic acid groups (broad SMARTS) is 1. The van der Waals surface area contributed by atoms with Crippen LogP contribution in [-0.4, -0.2) is 16.1 Å². The van der Waals surface area contributed by atoms with E-state index in [1.165, 1.54) is 0 Å². The minimum absolute atomic E-state index is 0.0604. The fraction of sp³-hybridized carbons (Fsp3) is 0.167. The van der Waals surface area contributed by atoms with Gasteiger partial charge in [-0.1, -0.05) is 11.6 Å². The molecular formula is C12H10ClNO3. The average molecular weight is 252 g/mol. The summed E-state index contributed by atoms with van der Waals surface area (Å²) in [6.45, 7) is 0. The second kappa shape index (κ2) is 4.59. The van der Waals surface area contributed by atoms with Gasteiger partial charge in [-0.2, -0.15) is 0 Å². The number of pyridine rings is 1. The second-order valence-electron chi connectivity index (χ2n) is 3.75. The molecule has 0 bridgehead atoms. The van der Waals surface area contributed by atoms with E-state index in [2.05, 4.69) is 4.98 Å². The molecule has 0 saturated carbocycles. The number of rotatable bonds is 3. The van der Waals surface area contributed by atoms with Crippen molar-refractivity contribution >= 4 is 28.5 Å². The number of aliphatic carboxylic acids is 1. The van der Waals surface area contributed by atoms with E-state index in [1.54, 1.807) is 24.3 Å². The molecule has 0 amide bonds. The summed E-state index contributed by atoms with van der Waals surface area (Å²) in [5, 5.41) is 9.97. The Hall–Kier alpha value is -1.81. The summed E-state index contributed by atoms with van der Waals surface area (Å²) in [5.74, 6) is -0.921. The highest BCUT2D eigenvalue weighted by Crippen LogP contribution is 2.17. The van der Waals surface area contributed by atoms with Crippen molar-refractivity contribution in [2.75, 3.05) is 0 Å². The van der Waals surface area contributed by atoms with Crippen molar-refractivity contribution in [1.82, 2.24) is 4.98 Å². The number of aryl methyl sites for hydroxylation is 1. The first-order valence-electron chi connectivity index (χ1n) is 5.09. The van der Waals surface area contributed by atoms with Crippen LogP contribution in [0.25, 0.3) is 10.9 Å². The summed E-state index contributed by atoms with van der Waals surface area (Å²) in [6.07, 6.45) is 0.155. The minimum Gasteiger partial charge on any atom is -0.481 e. The van der Waals surface area contributed by atoms with E-state index in [0.29, 0.717) is 16.1 Å². The maximum atomic E-state index is 11.6. The van der Waals surface area contributed by atoms with E-state index >= 15 is 0 Å². The Bertz CT molecular complexity index is 633. The van der Waals surface area contributed by atoms with Crippen molar-refractivity contribution in [3.63, 3.8) is 0 Å². The number of carbonyl (C=O) groups is 1. The van der Waals surface area contributed by atoms with Crippen molar-refractivity contribution in [3.8, 4) is 0 Å². The highest BCUT2D eigenvalue weighted by molar-refractivity contribution is 6.31. The molecule has 0 saturated heterocycles. The summed E-state index contributed by atoms with van der Waals surface area (Å²) in [5.41, 5.74) is 0.904. The number of nitrogens with one attached hydrogen (secondary N) is 1. The molecule has 5 heteroatoms. The topological polar surface area (TPSA) is 70.2 Å². The molecule has 4 nitrogen and oxygen atoms in total. The van der Waals surface area contributed by atoms with Crippen molar-refractivity contribution < 1.29 is 9.90 Å². The number of carboxylic acids is 1. The van der Waals surface area contributed by atoms with Gasteiger partial charge in [-0.3, -0.25) is 9.59 Å². The van der Waals surface area contributed by atoms with Crippen LogP contribution >= 0.6 is 11.6 Å². The van der Waals surface area contributed by atoms with Gasteiger partial charge in [0.25, 0.3) is 5.56 Å². The predicted octanol–water partition coefficient (Wildman–Crippen LogP) is 2.20. The summed E-state index contributed by atoms with van der Waals surface area (Å²) < 4.78 is 0. The molecule has 2 rings (SSSR count). The van der Waals surface area contributed by atoms with Crippen molar-refractivity contribution in [2.45, 2.75) is 12.8 Å². The van der Waals surface area contributed by atoms with Gasteiger partial charge in [0.15, 0.2) is 0 Å². The molecule has 88 valence electrons. The zero-order valence-electron chi connectivity index (χ0n) is 8.87. The SMILES string of the molecule is O=C(O)CCc1cc2cc(Cl)ccc2[nH]c1=O. The zero-order chi connectivity index (χ0) is 12.4. The third-order valence-electron chi connectivity index (χ3n) is 2.49. The third kappa shape index (κ3) is 2.65. The van der Waals surface area contributed by atoms with E-state index in [9.17, 15) is 9.59 Å². The van der Waals surface area contributed by atoms with Gasteiger partial charge in [0.05, 0.1) is 0 Å². The number of H-pyrrole nitrogens is 1. The lowest BCUT2D eigenvalue weighted by atomic mass is 10.1. The lowest BCUT2D eigenvalue weighted by molar-refractivity contribution is -0.136. The smallest absolute Gasteiger partial charge is 0.303 e. The van der Waals surface area contributed by atoms with Gasteiger partial charge in [-0.05, 0) is 36.1 Å². The van der Waals surface area contributed by atoms with Crippen LogP contribution in [0.3, 0.4) is 0 Å².